The number of piperidine rings is 1. The predicted molar refractivity (Wildman–Crippen MR) is 97.9 cm³/mol. The normalized spacial score (nSPS) is 17.1. The molecule has 1 atom stereocenters. The van der Waals surface area contributed by atoms with Crippen molar-refractivity contribution in [3.8, 4) is 5.88 Å². The Bertz CT molecular complexity index is 712. The Kier molecular flexibility index (Phi) is 6.01. The lowest BCUT2D eigenvalue weighted by atomic mass is 9.90. The number of nitrogens with zero attached hydrogens (tertiary/aromatic N) is 1. The number of pyridine rings is 1. The fraction of sp³-hybridized carbons (Fsp3) is 0.400. The van der Waals surface area contributed by atoms with Crippen LogP contribution in [0, 0.1) is 0 Å². The number of benzene rings is 1. The molecule has 1 fully saturated rings. The zero-order valence-electron chi connectivity index (χ0n) is 14.6. The molecule has 0 saturated carbocycles. The number of nitrogens with one attached hydrogen (secondary N) is 2. The smallest absolute Gasteiger partial charge is 0.251 e. The van der Waals surface area contributed by atoms with Crippen molar-refractivity contribution in [1.82, 2.24) is 15.6 Å². The zero-order chi connectivity index (χ0) is 17.5. The third-order valence-electron chi connectivity index (χ3n) is 4.49. The minimum Gasteiger partial charge on any atom is -0.478 e. The molecule has 0 bridgehead atoms. The van der Waals surface area contributed by atoms with Crippen LogP contribution in [-0.2, 0) is 6.54 Å². The predicted octanol–water partition coefficient (Wildman–Crippen LogP) is 2.88. The van der Waals surface area contributed by atoms with Crippen molar-refractivity contribution < 1.29 is 9.53 Å². The van der Waals surface area contributed by atoms with Gasteiger partial charge in [0.05, 0.1) is 6.61 Å². The summed E-state index contributed by atoms with van der Waals surface area (Å²) in [5, 5.41) is 6.40. The highest BCUT2D eigenvalue weighted by atomic mass is 16.5. The van der Waals surface area contributed by atoms with Crippen LogP contribution in [-0.4, -0.2) is 30.6 Å². The van der Waals surface area contributed by atoms with E-state index in [9.17, 15) is 4.79 Å². The average molecular weight is 339 g/mol. The van der Waals surface area contributed by atoms with Crippen LogP contribution in [0.1, 0.15) is 47.2 Å². The van der Waals surface area contributed by atoms with Crippen LogP contribution in [0.3, 0.4) is 0 Å². The van der Waals surface area contributed by atoms with Gasteiger partial charge < -0.3 is 15.4 Å². The van der Waals surface area contributed by atoms with Crippen molar-refractivity contribution in [2.75, 3.05) is 19.7 Å². The summed E-state index contributed by atoms with van der Waals surface area (Å²) in [4.78, 5) is 16.7. The van der Waals surface area contributed by atoms with Gasteiger partial charge in [0.1, 0.15) is 0 Å². The lowest BCUT2D eigenvalue weighted by Gasteiger charge is -2.23. The molecule has 0 spiro atoms. The van der Waals surface area contributed by atoms with Crippen LogP contribution in [0.15, 0.2) is 42.6 Å². The molecule has 1 amide bonds. The lowest BCUT2D eigenvalue weighted by molar-refractivity contribution is 0.0950. The number of carbonyl (C=O) groups excluding carboxylic acids is 1. The number of hydrogen-bond donors (Lipinski definition) is 2. The van der Waals surface area contributed by atoms with Crippen molar-refractivity contribution >= 4 is 5.91 Å². The molecule has 1 aliphatic heterocycles. The number of aromatic nitrogens is 1. The van der Waals surface area contributed by atoms with Crippen LogP contribution in [0.25, 0.3) is 0 Å². The maximum Gasteiger partial charge on any atom is 0.251 e. The first kappa shape index (κ1) is 17.4. The second-order valence-corrected chi connectivity index (χ2v) is 6.25. The molecule has 5 heteroatoms. The van der Waals surface area contributed by atoms with E-state index < -0.39 is 0 Å². The van der Waals surface area contributed by atoms with Gasteiger partial charge in [0.25, 0.3) is 5.91 Å². The summed E-state index contributed by atoms with van der Waals surface area (Å²) in [5.74, 6) is 0.994. The highest BCUT2D eigenvalue weighted by molar-refractivity contribution is 5.94. The maximum atomic E-state index is 12.5. The number of rotatable bonds is 6. The third-order valence-corrected chi connectivity index (χ3v) is 4.49. The number of amides is 1. The summed E-state index contributed by atoms with van der Waals surface area (Å²) in [5.41, 5.74) is 2.81. The van der Waals surface area contributed by atoms with Crippen molar-refractivity contribution in [3.05, 3.63) is 59.3 Å². The topological polar surface area (TPSA) is 63.2 Å². The highest BCUT2D eigenvalue weighted by Crippen LogP contribution is 2.24. The van der Waals surface area contributed by atoms with E-state index >= 15 is 0 Å². The summed E-state index contributed by atoms with van der Waals surface area (Å²) >= 11 is 0. The molecular formula is C20H25N3O2. The molecule has 2 aromatic rings. The number of hydrogen-bond acceptors (Lipinski definition) is 4. The summed E-state index contributed by atoms with van der Waals surface area (Å²) in [6.45, 7) is 4.94. The van der Waals surface area contributed by atoms with Gasteiger partial charge in [-0.05, 0) is 56.0 Å². The number of ether oxygens (including phenoxy) is 1. The minimum absolute atomic E-state index is 0.0723. The molecule has 1 aliphatic rings. The summed E-state index contributed by atoms with van der Waals surface area (Å²) in [6.07, 6.45) is 4.05. The first-order valence-electron chi connectivity index (χ1n) is 8.93. The Morgan fingerprint density at radius 3 is 3.08 bits per heavy atom. The second-order valence-electron chi connectivity index (χ2n) is 6.25. The van der Waals surface area contributed by atoms with E-state index in [0.29, 0.717) is 30.5 Å². The van der Waals surface area contributed by atoms with E-state index in [1.54, 1.807) is 6.20 Å². The van der Waals surface area contributed by atoms with E-state index in [4.69, 9.17) is 4.74 Å². The van der Waals surface area contributed by atoms with Gasteiger partial charge in [0.15, 0.2) is 0 Å². The van der Waals surface area contributed by atoms with Crippen molar-refractivity contribution in [3.63, 3.8) is 0 Å². The number of carbonyl (C=O) groups is 1. The molecule has 2 heterocycles. The quantitative estimate of drug-likeness (QED) is 0.849. The molecule has 5 nitrogen and oxygen atoms in total. The van der Waals surface area contributed by atoms with E-state index in [-0.39, 0.29) is 5.91 Å². The molecular weight excluding hydrogens is 314 g/mol. The molecule has 1 saturated heterocycles. The zero-order valence-corrected chi connectivity index (χ0v) is 14.6. The van der Waals surface area contributed by atoms with Crippen LogP contribution in [0.4, 0.5) is 0 Å². The van der Waals surface area contributed by atoms with Gasteiger partial charge in [0, 0.05) is 30.4 Å². The van der Waals surface area contributed by atoms with Gasteiger partial charge in [0.2, 0.25) is 5.88 Å². The third kappa shape index (κ3) is 4.57. The Morgan fingerprint density at radius 1 is 1.36 bits per heavy atom. The summed E-state index contributed by atoms with van der Waals surface area (Å²) in [6, 6.07) is 11.7. The van der Waals surface area contributed by atoms with Gasteiger partial charge in [-0.3, -0.25) is 4.79 Å². The average Bonchev–Trinajstić information content (AvgIpc) is 2.68. The second kappa shape index (κ2) is 8.62. The first-order chi connectivity index (χ1) is 12.3. The van der Waals surface area contributed by atoms with Crippen LogP contribution in [0.5, 0.6) is 5.88 Å². The van der Waals surface area contributed by atoms with Crippen LogP contribution < -0.4 is 15.4 Å². The Labute approximate surface area is 148 Å². The fourth-order valence-corrected chi connectivity index (χ4v) is 3.17. The molecule has 1 aromatic carbocycles. The van der Waals surface area contributed by atoms with Crippen LogP contribution in [0.2, 0.25) is 0 Å². The summed E-state index contributed by atoms with van der Waals surface area (Å²) in [7, 11) is 0. The van der Waals surface area contributed by atoms with Gasteiger partial charge in [-0.15, -0.1) is 0 Å². The highest BCUT2D eigenvalue weighted by Gasteiger charge is 2.16. The van der Waals surface area contributed by atoms with Gasteiger partial charge >= 0.3 is 0 Å². The van der Waals surface area contributed by atoms with Crippen LogP contribution >= 0.6 is 0 Å². The molecule has 2 N–H and O–H groups in total. The van der Waals surface area contributed by atoms with Crippen molar-refractivity contribution in [1.29, 1.82) is 0 Å². The van der Waals surface area contributed by atoms with Gasteiger partial charge in [-0.25, -0.2) is 4.98 Å². The van der Waals surface area contributed by atoms with Crippen molar-refractivity contribution in [2.45, 2.75) is 32.2 Å². The first-order valence-corrected chi connectivity index (χ1v) is 8.93. The van der Waals surface area contributed by atoms with Crippen molar-refractivity contribution in [2.24, 2.45) is 0 Å². The maximum absolute atomic E-state index is 12.5. The molecule has 1 aromatic heterocycles. The van der Waals surface area contributed by atoms with E-state index in [0.717, 1.165) is 18.7 Å². The molecule has 0 radical (unpaired) electrons. The molecule has 3 rings (SSSR count). The minimum atomic E-state index is -0.0723. The molecule has 132 valence electrons. The van der Waals surface area contributed by atoms with E-state index in [1.807, 2.05) is 37.3 Å². The largest absolute Gasteiger partial charge is 0.478 e. The Balaban J connectivity index is 1.65. The molecule has 0 unspecified atom stereocenters. The van der Waals surface area contributed by atoms with Gasteiger partial charge in [-0.1, -0.05) is 18.2 Å². The SMILES string of the molecule is CCOc1ncccc1CNC(=O)c1cccc([C@H]2CCCNC2)c1. The molecule has 25 heavy (non-hydrogen) atoms. The van der Waals surface area contributed by atoms with E-state index in [1.165, 1.54) is 18.4 Å². The Hall–Kier alpha value is -2.40. The summed E-state index contributed by atoms with van der Waals surface area (Å²) < 4.78 is 5.50. The lowest BCUT2D eigenvalue weighted by Crippen LogP contribution is -2.28. The van der Waals surface area contributed by atoms with Gasteiger partial charge in [-0.2, -0.15) is 0 Å². The van der Waals surface area contributed by atoms with E-state index in [2.05, 4.69) is 21.7 Å². The standard InChI is InChI=1S/C20H25N3O2/c1-2-25-20-18(9-5-11-22-20)14-23-19(24)16-7-3-6-15(12-16)17-8-4-10-21-13-17/h3,5-7,9,11-12,17,21H,2,4,8,10,13-14H2,1H3,(H,23,24)/t17-/m0/s1. The Morgan fingerprint density at radius 2 is 2.28 bits per heavy atom. The monoisotopic (exact) mass is 339 g/mol. The fourth-order valence-electron chi connectivity index (χ4n) is 3.17. The molecule has 0 aliphatic carbocycles.